The summed E-state index contributed by atoms with van der Waals surface area (Å²) < 4.78 is 11.2. The van der Waals surface area contributed by atoms with Crippen molar-refractivity contribution >= 4 is 29.3 Å². The fourth-order valence-electron chi connectivity index (χ4n) is 2.16. The largest absolute Gasteiger partial charge is 0.393 e. The molecule has 0 bridgehead atoms. The normalized spacial score (nSPS) is 27.1. The van der Waals surface area contributed by atoms with Gasteiger partial charge in [0.25, 0.3) is 0 Å². The smallest absolute Gasteiger partial charge is 0.160 e. The van der Waals surface area contributed by atoms with Gasteiger partial charge >= 0.3 is 0 Å². The lowest BCUT2D eigenvalue weighted by molar-refractivity contribution is -0.201. The molecule has 1 heterocycles. The van der Waals surface area contributed by atoms with Gasteiger partial charge in [0.1, 0.15) is 0 Å². The van der Waals surface area contributed by atoms with E-state index in [0.717, 1.165) is 5.56 Å². The minimum atomic E-state index is -0.407. The van der Waals surface area contributed by atoms with Crippen molar-refractivity contribution in [3.05, 3.63) is 39.9 Å². The van der Waals surface area contributed by atoms with Gasteiger partial charge in [-0.1, -0.05) is 41.4 Å². The minimum Gasteiger partial charge on any atom is -0.393 e. The van der Waals surface area contributed by atoms with Crippen molar-refractivity contribution in [3.63, 3.8) is 0 Å². The summed E-state index contributed by atoms with van der Waals surface area (Å²) in [6.07, 6.45) is 3.91. The third-order valence-corrected chi connectivity index (χ3v) is 3.66. The molecule has 2 rings (SSSR count). The van der Waals surface area contributed by atoms with E-state index in [2.05, 4.69) is 0 Å². The molecule has 0 amide bonds. The van der Waals surface area contributed by atoms with Crippen molar-refractivity contribution in [3.8, 4) is 0 Å². The van der Waals surface area contributed by atoms with Crippen molar-refractivity contribution in [2.45, 2.75) is 38.3 Å². The van der Waals surface area contributed by atoms with Gasteiger partial charge in [-0.25, -0.2) is 0 Å². The van der Waals surface area contributed by atoms with Crippen LogP contribution in [-0.4, -0.2) is 30.2 Å². The lowest BCUT2D eigenvalue weighted by Crippen LogP contribution is -2.36. The molecule has 1 fully saturated rings. The Balaban J connectivity index is 2.02. The number of ether oxygens (including phenoxy) is 2. The Hall–Kier alpha value is -0.580. The van der Waals surface area contributed by atoms with Gasteiger partial charge in [0.05, 0.1) is 12.2 Å². The highest BCUT2D eigenvalue weighted by molar-refractivity contribution is 6.35. The van der Waals surface area contributed by atoms with Gasteiger partial charge in [0.15, 0.2) is 6.29 Å². The summed E-state index contributed by atoms with van der Waals surface area (Å²) in [5, 5.41) is 11.0. The first-order valence-corrected chi connectivity index (χ1v) is 7.42. The molecule has 1 aliphatic heterocycles. The number of hydrogen-bond donors (Lipinski definition) is 1. The zero-order chi connectivity index (χ0) is 14.5. The number of halogens is 2. The van der Waals surface area contributed by atoms with Gasteiger partial charge in [0, 0.05) is 29.5 Å². The molecule has 0 aromatic heterocycles. The van der Waals surface area contributed by atoms with Crippen LogP contribution in [0.4, 0.5) is 0 Å². The van der Waals surface area contributed by atoms with E-state index in [4.69, 9.17) is 32.7 Å². The van der Waals surface area contributed by atoms with Crippen LogP contribution in [0.15, 0.2) is 24.3 Å². The zero-order valence-electron chi connectivity index (χ0n) is 11.3. The average molecular weight is 317 g/mol. The van der Waals surface area contributed by atoms with Crippen molar-refractivity contribution in [2.75, 3.05) is 6.61 Å². The van der Waals surface area contributed by atoms with Crippen molar-refractivity contribution in [1.29, 1.82) is 0 Å². The van der Waals surface area contributed by atoms with Crippen LogP contribution in [0.2, 0.25) is 10.0 Å². The summed E-state index contributed by atoms with van der Waals surface area (Å²) in [6.45, 7) is 2.47. The molecular formula is C15H18Cl2O3. The molecule has 1 aliphatic rings. The fraction of sp³-hybridized carbons (Fsp3) is 0.467. The van der Waals surface area contributed by atoms with Crippen LogP contribution in [0.1, 0.15) is 25.3 Å². The van der Waals surface area contributed by atoms with Crippen molar-refractivity contribution in [1.82, 2.24) is 0 Å². The first-order chi connectivity index (χ1) is 9.58. The monoisotopic (exact) mass is 316 g/mol. The standard InChI is InChI=1S/C15H18Cl2O3/c1-2-19-15-9-12(18)8-13(20-15)6-4-10-3-5-11(16)7-14(10)17/h3-7,12-13,15,18H,2,8-9H2,1H3/b6-4+. The van der Waals surface area contributed by atoms with Crippen molar-refractivity contribution < 1.29 is 14.6 Å². The molecule has 1 aromatic carbocycles. The maximum atomic E-state index is 9.83. The Labute approximate surface area is 129 Å². The molecule has 0 radical (unpaired) electrons. The molecular weight excluding hydrogens is 299 g/mol. The highest BCUT2D eigenvalue weighted by Gasteiger charge is 2.27. The van der Waals surface area contributed by atoms with Crippen LogP contribution < -0.4 is 0 Å². The molecule has 20 heavy (non-hydrogen) atoms. The molecule has 1 N–H and O–H groups in total. The molecule has 0 saturated carbocycles. The minimum absolute atomic E-state index is 0.179. The van der Waals surface area contributed by atoms with E-state index < -0.39 is 6.10 Å². The Morgan fingerprint density at radius 3 is 2.90 bits per heavy atom. The van der Waals surface area contributed by atoms with Crippen LogP contribution in [0, 0.1) is 0 Å². The molecule has 5 heteroatoms. The fourth-order valence-corrected chi connectivity index (χ4v) is 2.63. The van der Waals surface area contributed by atoms with E-state index in [-0.39, 0.29) is 12.4 Å². The van der Waals surface area contributed by atoms with Gasteiger partial charge < -0.3 is 14.6 Å². The number of hydrogen-bond acceptors (Lipinski definition) is 3. The number of rotatable bonds is 4. The van der Waals surface area contributed by atoms with E-state index in [1.165, 1.54) is 0 Å². The molecule has 3 unspecified atom stereocenters. The summed E-state index contributed by atoms with van der Waals surface area (Å²) in [7, 11) is 0. The van der Waals surface area contributed by atoms with E-state index in [0.29, 0.717) is 29.5 Å². The first-order valence-electron chi connectivity index (χ1n) is 6.67. The highest BCUT2D eigenvalue weighted by atomic mass is 35.5. The summed E-state index contributed by atoms with van der Waals surface area (Å²) in [6, 6.07) is 5.33. The van der Waals surface area contributed by atoms with Crippen LogP contribution in [0.25, 0.3) is 6.08 Å². The molecule has 0 spiro atoms. The summed E-state index contributed by atoms with van der Waals surface area (Å²) in [4.78, 5) is 0. The molecule has 1 saturated heterocycles. The lowest BCUT2D eigenvalue weighted by atomic mass is 10.0. The molecule has 0 aliphatic carbocycles. The van der Waals surface area contributed by atoms with E-state index in [9.17, 15) is 5.11 Å². The predicted octanol–water partition coefficient (Wildman–Crippen LogP) is 3.91. The molecule has 1 aromatic rings. The second-order valence-electron chi connectivity index (χ2n) is 4.71. The third kappa shape index (κ3) is 4.47. The second-order valence-corrected chi connectivity index (χ2v) is 5.55. The Morgan fingerprint density at radius 2 is 2.20 bits per heavy atom. The highest BCUT2D eigenvalue weighted by Crippen LogP contribution is 2.25. The van der Waals surface area contributed by atoms with Crippen LogP contribution in [-0.2, 0) is 9.47 Å². The first kappa shape index (κ1) is 15.8. The summed E-state index contributed by atoms with van der Waals surface area (Å²) in [5.41, 5.74) is 0.868. The topological polar surface area (TPSA) is 38.7 Å². The van der Waals surface area contributed by atoms with Crippen LogP contribution in [0.3, 0.4) is 0 Å². The zero-order valence-corrected chi connectivity index (χ0v) is 12.8. The predicted molar refractivity (Wildman–Crippen MR) is 81.0 cm³/mol. The number of aliphatic hydroxyl groups excluding tert-OH is 1. The van der Waals surface area contributed by atoms with Gasteiger partial charge in [0.2, 0.25) is 0 Å². The van der Waals surface area contributed by atoms with Crippen LogP contribution >= 0.6 is 23.2 Å². The van der Waals surface area contributed by atoms with Crippen molar-refractivity contribution in [2.24, 2.45) is 0 Å². The Bertz CT molecular complexity index is 476. The SMILES string of the molecule is CCOC1CC(O)CC(/C=C/c2ccc(Cl)cc2Cl)O1. The summed E-state index contributed by atoms with van der Waals surface area (Å²) in [5.74, 6) is 0. The lowest BCUT2D eigenvalue weighted by Gasteiger charge is -2.31. The quantitative estimate of drug-likeness (QED) is 0.915. The van der Waals surface area contributed by atoms with E-state index in [1.807, 2.05) is 25.1 Å². The van der Waals surface area contributed by atoms with Gasteiger partial charge in [-0.15, -0.1) is 0 Å². The van der Waals surface area contributed by atoms with Gasteiger partial charge in [-0.2, -0.15) is 0 Å². The summed E-state index contributed by atoms with van der Waals surface area (Å²) >= 11 is 12.0. The van der Waals surface area contributed by atoms with E-state index in [1.54, 1.807) is 12.1 Å². The molecule has 110 valence electrons. The molecule has 3 nitrogen and oxygen atoms in total. The Morgan fingerprint density at radius 1 is 1.40 bits per heavy atom. The molecule has 3 atom stereocenters. The second kappa shape index (κ2) is 7.43. The number of benzene rings is 1. The van der Waals surface area contributed by atoms with Crippen LogP contribution in [0.5, 0.6) is 0 Å². The Kier molecular flexibility index (Phi) is 5.87. The van der Waals surface area contributed by atoms with E-state index >= 15 is 0 Å². The average Bonchev–Trinajstić information content (AvgIpc) is 2.37. The third-order valence-electron chi connectivity index (χ3n) is 3.10. The maximum absolute atomic E-state index is 9.83. The maximum Gasteiger partial charge on any atom is 0.160 e. The van der Waals surface area contributed by atoms with Gasteiger partial charge in [-0.05, 0) is 24.6 Å². The number of aliphatic hydroxyl groups is 1. The van der Waals surface area contributed by atoms with Gasteiger partial charge in [-0.3, -0.25) is 0 Å².